The van der Waals surface area contributed by atoms with Crippen LogP contribution >= 0.6 is 22.9 Å². The highest BCUT2D eigenvalue weighted by molar-refractivity contribution is 7.09. The molecule has 3 nitrogen and oxygen atoms in total. The van der Waals surface area contributed by atoms with Crippen molar-refractivity contribution in [3.8, 4) is 0 Å². The molecule has 2 rings (SSSR count). The Morgan fingerprint density at radius 2 is 2.11 bits per heavy atom. The van der Waals surface area contributed by atoms with Crippen molar-refractivity contribution in [3.63, 3.8) is 0 Å². The molecule has 0 aromatic carbocycles. The summed E-state index contributed by atoms with van der Waals surface area (Å²) in [4.78, 5) is 10.2. The van der Waals surface area contributed by atoms with Gasteiger partial charge in [0.2, 0.25) is 0 Å². The maximum Gasteiger partial charge on any atom is 0.137 e. The van der Waals surface area contributed by atoms with Crippen molar-refractivity contribution in [2.45, 2.75) is 32.6 Å². The Labute approximate surface area is 123 Å². The molecule has 0 spiro atoms. The third-order valence-corrected chi connectivity index (χ3v) is 3.75. The Morgan fingerprint density at radius 3 is 2.74 bits per heavy atom. The number of nitrogens with zero attached hydrogens (tertiary/aromatic N) is 2. The van der Waals surface area contributed by atoms with Gasteiger partial charge in [-0.2, -0.15) is 0 Å². The molecular formula is C14H18ClN3S. The number of nitrogens with one attached hydrogen (secondary N) is 1. The number of rotatable bonds is 4. The van der Waals surface area contributed by atoms with Gasteiger partial charge in [0.25, 0.3) is 0 Å². The summed E-state index contributed by atoms with van der Waals surface area (Å²) in [5.74, 6) is 1.56. The lowest BCUT2D eigenvalue weighted by Crippen LogP contribution is -2.17. The van der Waals surface area contributed by atoms with Gasteiger partial charge >= 0.3 is 0 Å². The standard InChI is InChI=1S/C14H18ClN3S/c1-14(2,3)13-17-11(15)9-12(18-13)16-7-6-10-5-4-8-19-10/h4-5,8-9H,6-7H2,1-3H3,(H,16,17,18). The fraction of sp³-hybridized carbons (Fsp3) is 0.429. The summed E-state index contributed by atoms with van der Waals surface area (Å²) in [5, 5.41) is 5.88. The summed E-state index contributed by atoms with van der Waals surface area (Å²) < 4.78 is 0. The number of aromatic nitrogens is 2. The summed E-state index contributed by atoms with van der Waals surface area (Å²) in [6, 6.07) is 5.98. The van der Waals surface area contributed by atoms with Gasteiger partial charge in [-0.25, -0.2) is 9.97 Å². The van der Waals surface area contributed by atoms with Crippen LogP contribution in [0.5, 0.6) is 0 Å². The summed E-state index contributed by atoms with van der Waals surface area (Å²) in [6.07, 6.45) is 0.990. The number of halogens is 1. The van der Waals surface area contributed by atoms with Gasteiger partial charge in [0, 0.05) is 22.9 Å². The van der Waals surface area contributed by atoms with Crippen LogP contribution in [-0.4, -0.2) is 16.5 Å². The molecule has 0 saturated carbocycles. The molecular weight excluding hydrogens is 278 g/mol. The first-order valence-electron chi connectivity index (χ1n) is 6.26. The highest BCUT2D eigenvalue weighted by Crippen LogP contribution is 2.22. The van der Waals surface area contributed by atoms with E-state index in [0.717, 1.165) is 24.6 Å². The monoisotopic (exact) mass is 295 g/mol. The van der Waals surface area contributed by atoms with E-state index in [1.165, 1.54) is 4.88 Å². The molecule has 0 aliphatic carbocycles. The van der Waals surface area contributed by atoms with Crippen LogP contribution in [0.2, 0.25) is 5.15 Å². The first-order valence-corrected chi connectivity index (χ1v) is 7.52. The Hall–Kier alpha value is -1.13. The molecule has 0 radical (unpaired) electrons. The molecule has 2 aromatic rings. The topological polar surface area (TPSA) is 37.8 Å². The van der Waals surface area contributed by atoms with Crippen molar-refractivity contribution < 1.29 is 0 Å². The van der Waals surface area contributed by atoms with Gasteiger partial charge in [-0.1, -0.05) is 38.4 Å². The van der Waals surface area contributed by atoms with Crippen LogP contribution in [0.4, 0.5) is 5.82 Å². The Morgan fingerprint density at radius 1 is 1.32 bits per heavy atom. The largest absolute Gasteiger partial charge is 0.370 e. The molecule has 0 bridgehead atoms. The molecule has 19 heavy (non-hydrogen) atoms. The van der Waals surface area contributed by atoms with Gasteiger partial charge in [0.05, 0.1) is 0 Å². The average Bonchev–Trinajstić information content (AvgIpc) is 2.80. The van der Waals surface area contributed by atoms with E-state index in [-0.39, 0.29) is 5.41 Å². The van der Waals surface area contributed by atoms with Crippen molar-refractivity contribution in [2.75, 3.05) is 11.9 Å². The predicted octanol–water partition coefficient (Wildman–Crippen LogP) is 4.14. The minimum atomic E-state index is -0.102. The van der Waals surface area contributed by atoms with Crippen LogP contribution in [0.15, 0.2) is 23.6 Å². The van der Waals surface area contributed by atoms with E-state index in [0.29, 0.717) is 5.15 Å². The summed E-state index contributed by atoms with van der Waals surface area (Å²) in [6.45, 7) is 7.08. The molecule has 0 aliphatic rings. The first kappa shape index (κ1) is 14.3. The number of hydrogen-bond donors (Lipinski definition) is 1. The van der Waals surface area contributed by atoms with Crippen molar-refractivity contribution in [1.82, 2.24) is 9.97 Å². The minimum absolute atomic E-state index is 0.102. The van der Waals surface area contributed by atoms with Gasteiger partial charge in [-0.05, 0) is 17.9 Å². The van der Waals surface area contributed by atoms with Crippen LogP contribution in [-0.2, 0) is 11.8 Å². The SMILES string of the molecule is CC(C)(C)c1nc(Cl)cc(NCCc2cccs2)n1. The van der Waals surface area contributed by atoms with E-state index in [9.17, 15) is 0 Å². The molecule has 0 saturated heterocycles. The normalized spacial score (nSPS) is 11.6. The maximum absolute atomic E-state index is 6.05. The van der Waals surface area contributed by atoms with Gasteiger partial charge in [0.1, 0.15) is 16.8 Å². The van der Waals surface area contributed by atoms with Crippen LogP contribution in [0.1, 0.15) is 31.5 Å². The van der Waals surface area contributed by atoms with E-state index >= 15 is 0 Å². The Kier molecular flexibility index (Phi) is 4.42. The van der Waals surface area contributed by atoms with Crippen LogP contribution in [0.25, 0.3) is 0 Å². The van der Waals surface area contributed by atoms with Crippen LogP contribution in [0, 0.1) is 0 Å². The Balaban J connectivity index is 2.02. The van der Waals surface area contributed by atoms with E-state index in [4.69, 9.17) is 11.6 Å². The molecule has 0 fully saturated rings. The second-order valence-corrected chi connectivity index (χ2v) is 6.83. The van der Waals surface area contributed by atoms with Crippen molar-refractivity contribution in [1.29, 1.82) is 0 Å². The zero-order valence-corrected chi connectivity index (χ0v) is 13.0. The summed E-state index contributed by atoms with van der Waals surface area (Å²) in [5.41, 5.74) is -0.102. The number of hydrogen-bond acceptors (Lipinski definition) is 4. The molecule has 5 heteroatoms. The maximum atomic E-state index is 6.05. The lowest BCUT2D eigenvalue weighted by atomic mass is 9.96. The minimum Gasteiger partial charge on any atom is -0.370 e. The summed E-state index contributed by atoms with van der Waals surface area (Å²) in [7, 11) is 0. The first-order chi connectivity index (χ1) is 8.95. The Bertz CT molecular complexity index is 532. The van der Waals surface area contributed by atoms with E-state index in [1.807, 2.05) is 0 Å². The van der Waals surface area contributed by atoms with Crippen LogP contribution < -0.4 is 5.32 Å². The third kappa shape index (κ3) is 4.18. The van der Waals surface area contributed by atoms with Gasteiger partial charge in [0.15, 0.2) is 0 Å². The molecule has 2 heterocycles. The van der Waals surface area contributed by atoms with Crippen LogP contribution in [0.3, 0.4) is 0 Å². The summed E-state index contributed by atoms with van der Waals surface area (Å²) >= 11 is 7.82. The fourth-order valence-electron chi connectivity index (χ4n) is 1.61. The lowest BCUT2D eigenvalue weighted by Gasteiger charge is -2.17. The molecule has 0 atom stereocenters. The smallest absolute Gasteiger partial charge is 0.137 e. The highest BCUT2D eigenvalue weighted by atomic mass is 35.5. The number of anilines is 1. The van der Waals surface area contributed by atoms with Gasteiger partial charge in [-0.3, -0.25) is 0 Å². The van der Waals surface area contributed by atoms with Gasteiger partial charge in [-0.15, -0.1) is 11.3 Å². The van der Waals surface area contributed by atoms with E-state index < -0.39 is 0 Å². The average molecular weight is 296 g/mol. The zero-order chi connectivity index (χ0) is 13.9. The highest BCUT2D eigenvalue weighted by Gasteiger charge is 2.18. The van der Waals surface area contributed by atoms with Crippen molar-refractivity contribution >= 4 is 28.8 Å². The zero-order valence-electron chi connectivity index (χ0n) is 11.4. The fourth-order valence-corrected chi connectivity index (χ4v) is 2.50. The van der Waals surface area contributed by atoms with Crippen molar-refractivity contribution in [3.05, 3.63) is 39.4 Å². The second-order valence-electron chi connectivity index (χ2n) is 5.41. The molecule has 1 N–H and O–H groups in total. The molecule has 102 valence electrons. The third-order valence-electron chi connectivity index (χ3n) is 2.62. The number of thiophene rings is 1. The second kappa shape index (κ2) is 5.88. The van der Waals surface area contributed by atoms with E-state index in [2.05, 4.69) is 53.6 Å². The predicted molar refractivity (Wildman–Crippen MR) is 82.3 cm³/mol. The molecule has 0 aliphatic heterocycles. The molecule has 2 aromatic heterocycles. The quantitative estimate of drug-likeness (QED) is 0.861. The molecule has 0 unspecified atom stereocenters. The molecule has 0 amide bonds. The van der Waals surface area contributed by atoms with E-state index in [1.54, 1.807) is 17.4 Å². The van der Waals surface area contributed by atoms with Crippen molar-refractivity contribution in [2.24, 2.45) is 0 Å². The lowest BCUT2D eigenvalue weighted by molar-refractivity contribution is 0.546. The van der Waals surface area contributed by atoms with Gasteiger partial charge < -0.3 is 5.32 Å².